The van der Waals surface area contributed by atoms with Crippen molar-refractivity contribution in [3.05, 3.63) is 36.0 Å². The Balaban J connectivity index is 1.78. The Kier molecular flexibility index (Phi) is 10.4. The fourth-order valence-electron chi connectivity index (χ4n) is 3.92. The third-order valence-electron chi connectivity index (χ3n) is 5.83. The highest BCUT2D eigenvalue weighted by atomic mass is 32.2. The van der Waals surface area contributed by atoms with E-state index in [0.717, 1.165) is 13.1 Å². The number of nitrogens with one attached hydrogen (secondary N) is 3. The molecule has 4 N–H and O–H groups in total. The van der Waals surface area contributed by atoms with Crippen LogP contribution in [0.4, 0.5) is 17.5 Å². The van der Waals surface area contributed by atoms with Crippen LogP contribution < -0.4 is 20.3 Å². The van der Waals surface area contributed by atoms with Gasteiger partial charge in [-0.3, -0.25) is 9.69 Å². The quantitative estimate of drug-likeness (QED) is 0.284. The number of aliphatic hydroxyl groups excluding tert-OH is 1. The first-order valence-corrected chi connectivity index (χ1v) is 14.1. The van der Waals surface area contributed by atoms with Crippen molar-refractivity contribution >= 4 is 33.4 Å². The molecule has 1 aliphatic heterocycles. The molecule has 1 aliphatic rings. The lowest BCUT2D eigenvalue weighted by Gasteiger charge is -2.36. The van der Waals surface area contributed by atoms with Gasteiger partial charge in [-0.25, -0.2) is 18.1 Å². The first-order chi connectivity index (χ1) is 18.0. The summed E-state index contributed by atoms with van der Waals surface area (Å²) in [7, 11) is -2.06. The van der Waals surface area contributed by atoms with E-state index < -0.39 is 15.6 Å². The van der Waals surface area contributed by atoms with Crippen molar-refractivity contribution in [1.29, 1.82) is 0 Å². The zero-order valence-electron chi connectivity index (χ0n) is 22.5. The van der Waals surface area contributed by atoms with Crippen LogP contribution in [0.15, 0.2) is 35.4 Å². The van der Waals surface area contributed by atoms with Gasteiger partial charge in [-0.1, -0.05) is 0 Å². The van der Waals surface area contributed by atoms with Gasteiger partial charge in [0.05, 0.1) is 11.5 Å². The minimum Gasteiger partial charge on any atom is -0.395 e. The highest BCUT2D eigenvalue weighted by molar-refractivity contribution is 7.89. The lowest BCUT2D eigenvalue weighted by Crippen LogP contribution is -2.48. The molecule has 1 saturated heterocycles. The number of piperazine rings is 1. The minimum atomic E-state index is -3.63. The number of carbonyl (C=O) groups excluding carboxylic acids is 1. The molecule has 0 saturated carbocycles. The molecule has 0 radical (unpaired) electrons. The summed E-state index contributed by atoms with van der Waals surface area (Å²) in [4.78, 5) is 26.4. The number of nitrogens with zero attached hydrogens (tertiary/aromatic N) is 4. The molecule has 12 nitrogen and oxygen atoms in total. The van der Waals surface area contributed by atoms with E-state index in [2.05, 4.69) is 30.2 Å². The average Bonchev–Trinajstić information content (AvgIpc) is 2.86. The van der Waals surface area contributed by atoms with Crippen LogP contribution >= 0.6 is 0 Å². The van der Waals surface area contributed by atoms with Crippen molar-refractivity contribution in [3.8, 4) is 0 Å². The molecule has 1 amide bonds. The monoisotopic (exact) mass is 549 g/mol. The van der Waals surface area contributed by atoms with Crippen molar-refractivity contribution in [3.63, 3.8) is 0 Å². The van der Waals surface area contributed by atoms with Gasteiger partial charge in [0.15, 0.2) is 0 Å². The summed E-state index contributed by atoms with van der Waals surface area (Å²) in [5.74, 6) is 0.551. The molecule has 0 aliphatic carbocycles. The first-order valence-electron chi connectivity index (χ1n) is 12.7. The second-order valence-electron chi connectivity index (χ2n) is 10.1. The second-order valence-corrected chi connectivity index (χ2v) is 11.8. The van der Waals surface area contributed by atoms with E-state index in [9.17, 15) is 18.3 Å². The summed E-state index contributed by atoms with van der Waals surface area (Å²) in [5, 5.41) is 15.3. The van der Waals surface area contributed by atoms with Crippen molar-refractivity contribution in [1.82, 2.24) is 24.9 Å². The zero-order valence-corrected chi connectivity index (χ0v) is 23.3. The number of anilines is 3. The first kappa shape index (κ1) is 29.7. The average molecular weight is 550 g/mol. The van der Waals surface area contributed by atoms with E-state index in [1.807, 2.05) is 25.7 Å². The van der Waals surface area contributed by atoms with Gasteiger partial charge >= 0.3 is 0 Å². The Hall–Kier alpha value is -2.84. The SMILES string of the molecule is COCCCNS(=O)(=O)c1ccc(Nc2ncc(C(=O)NC(C)(C)C)c(N3CCN(CCO)CC3)n2)cc1. The van der Waals surface area contributed by atoms with Crippen molar-refractivity contribution in [2.45, 2.75) is 37.6 Å². The van der Waals surface area contributed by atoms with E-state index in [-0.39, 0.29) is 24.0 Å². The normalized spacial score (nSPS) is 14.9. The summed E-state index contributed by atoms with van der Waals surface area (Å²) >= 11 is 0. The van der Waals surface area contributed by atoms with E-state index in [1.165, 1.54) is 18.3 Å². The van der Waals surface area contributed by atoms with Gasteiger partial charge in [0.25, 0.3) is 5.91 Å². The van der Waals surface area contributed by atoms with Crippen molar-refractivity contribution in [2.75, 3.05) is 69.8 Å². The van der Waals surface area contributed by atoms with Gasteiger partial charge in [-0.15, -0.1) is 0 Å². The van der Waals surface area contributed by atoms with Gasteiger partial charge in [0.2, 0.25) is 16.0 Å². The molecule has 2 heterocycles. The standard InChI is InChI=1S/C25H39N7O5S/c1-25(2,3)30-23(34)21-18-26-24(29-22(21)32-13-11-31(12-14-32)15-16-33)28-19-6-8-20(9-7-19)38(35,36)27-10-5-17-37-4/h6-9,18,27,33H,5,10-17H2,1-4H3,(H,30,34)(H,26,28,29). The summed E-state index contributed by atoms with van der Waals surface area (Å²) in [5.41, 5.74) is 0.558. The van der Waals surface area contributed by atoms with E-state index in [1.54, 1.807) is 19.2 Å². The number of amides is 1. The molecule has 2 aromatic rings. The Morgan fingerprint density at radius 1 is 1.13 bits per heavy atom. The number of rotatable bonds is 12. The number of aliphatic hydroxyl groups is 1. The molecular formula is C25H39N7O5S. The predicted octanol–water partition coefficient (Wildman–Crippen LogP) is 1.18. The fourth-order valence-corrected chi connectivity index (χ4v) is 4.99. The van der Waals surface area contributed by atoms with Gasteiger partial charge in [-0.05, 0) is 51.5 Å². The largest absolute Gasteiger partial charge is 0.395 e. The summed E-state index contributed by atoms with van der Waals surface area (Å²) < 4.78 is 32.5. The minimum absolute atomic E-state index is 0.102. The van der Waals surface area contributed by atoms with Crippen LogP contribution in [0.1, 0.15) is 37.6 Å². The van der Waals surface area contributed by atoms with Crippen molar-refractivity contribution in [2.24, 2.45) is 0 Å². The Labute approximate surface area is 224 Å². The van der Waals surface area contributed by atoms with Crippen LogP contribution in [-0.4, -0.2) is 99.4 Å². The fraction of sp³-hybridized carbons (Fsp3) is 0.560. The maximum Gasteiger partial charge on any atom is 0.257 e. The zero-order chi connectivity index (χ0) is 27.8. The maximum atomic E-state index is 13.1. The molecule has 1 fully saturated rings. The molecule has 0 spiro atoms. The molecular weight excluding hydrogens is 510 g/mol. The van der Waals surface area contributed by atoms with Crippen LogP contribution in [0.25, 0.3) is 0 Å². The second kappa shape index (κ2) is 13.3. The molecule has 210 valence electrons. The highest BCUT2D eigenvalue weighted by Gasteiger charge is 2.26. The van der Waals surface area contributed by atoms with Crippen molar-refractivity contribution < 1.29 is 23.1 Å². The van der Waals surface area contributed by atoms with Crippen LogP contribution in [-0.2, 0) is 14.8 Å². The summed E-state index contributed by atoms with van der Waals surface area (Å²) in [6, 6.07) is 6.29. The lowest BCUT2D eigenvalue weighted by molar-refractivity contribution is 0.0919. The topological polar surface area (TPSA) is 149 Å². The number of sulfonamides is 1. The number of β-amino-alcohol motifs (C(OH)–C–C–N with tert-alkyl or cyclic N) is 1. The highest BCUT2D eigenvalue weighted by Crippen LogP contribution is 2.24. The van der Waals surface area contributed by atoms with Crippen LogP contribution in [0.2, 0.25) is 0 Å². The molecule has 0 atom stereocenters. The molecule has 0 unspecified atom stereocenters. The van der Waals surface area contributed by atoms with Gasteiger partial charge in [-0.2, -0.15) is 4.98 Å². The predicted molar refractivity (Wildman–Crippen MR) is 146 cm³/mol. The number of benzene rings is 1. The Morgan fingerprint density at radius 3 is 2.42 bits per heavy atom. The van der Waals surface area contributed by atoms with Crippen LogP contribution in [0, 0.1) is 0 Å². The van der Waals surface area contributed by atoms with E-state index in [4.69, 9.17) is 4.74 Å². The molecule has 3 rings (SSSR count). The smallest absolute Gasteiger partial charge is 0.257 e. The van der Waals surface area contributed by atoms with Gasteiger partial charge < -0.3 is 25.4 Å². The van der Waals surface area contributed by atoms with Crippen LogP contribution in [0.5, 0.6) is 0 Å². The number of aromatic nitrogens is 2. The Bertz CT molecular complexity index is 1160. The number of hydrogen-bond donors (Lipinski definition) is 4. The lowest BCUT2D eigenvalue weighted by atomic mass is 10.1. The molecule has 1 aromatic heterocycles. The van der Waals surface area contributed by atoms with E-state index >= 15 is 0 Å². The summed E-state index contributed by atoms with van der Waals surface area (Å²) in [6.45, 7) is 9.98. The number of hydrogen-bond acceptors (Lipinski definition) is 10. The Morgan fingerprint density at radius 2 is 1.82 bits per heavy atom. The van der Waals surface area contributed by atoms with Crippen LogP contribution in [0.3, 0.4) is 0 Å². The third kappa shape index (κ3) is 8.60. The molecule has 13 heteroatoms. The summed E-state index contributed by atoms with van der Waals surface area (Å²) in [6.07, 6.45) is 2.09. The molecule has 0 bridgehead atoms. The number of ether oxygens (including phenoxy) is 1. The number of carbonyl (C=O) groups is 1. The molecule has 38 heavy (non-hydrogen) atoms. The van der Waals surface area contributed by atoms with Gasteiger partial charge in [0, 0.05) is 70.4 Å². The van der Waals surface area contributed by atoms with Gasteiger partial charge in [0.1, 0.15) is 11.4 Å². The molecule has 1 aromatic carbocycles. The maximum absolute atomic E-state index is 13.1. The van der Waals surface area contributed by atoms with E-state index in [0.29, 0.717) is 55.7 Å². The third-order valence-corrected chi connectivity index (χ3v) is 7.30. The number of methoxy groups -OCH3 is 1.